The van der Waals surface area contributed by atoms with E-state index in [-0.39, 0.29) is 0 Å². The number of H-pyrrole nitrogens is 1. The molecule has 0 atom stereocenters. The van der Waals surface area contributed by atoms with Gasteiger partial charge in [-0.15, -0.1) is 0 Å². The van der Waals surface area contributed by atoms with Crippen LogP contribution in [0.3, 0.4) is 0 Å². The third-order valence-corrected chi connectivity index (χ3v) is 4.98. The summed E-state index contributed by atoms with van der Waals surface area (Å²) in [6.45, 7) is 4.03. The number of hydrogen-bond donors (Lipinski definition) is 3. The fraction of sp³-hybridized carbons (Fsp3) is 0.0952. The Bertz CT molecular complexity index is 1090. The molecule has 2 heterocycles. The second kappa shape index (κ2) is 7.74. The summed E-state index contributed by atoms with van der Waals surface area (Å²) in [4.78, 5) is 10.4. The molecule has 6 nitrogen and oxygen atoms in total. The van der Waals surface area contributed by atoms with Crippen molar-refractivity contribution in [3.8, 4) is 11.3 Å². The molecule has 140 valence electrons. The second-order valence-corrected chi connectivity index (χ2v) is 7.56. The molecule has 0 amide bonds. The van der Waals surface area contributed by atoms with Crippen molar-refractivity contribution in [2.45, 2.75) is 23.9 Å². The van der Waals surface area contributed by atoms with Crippen LogP contribution < -0.4 is 11.1 Å². The van der Waals surface area contributed by atoms with Gasteiger partial charge in [0.05, 0.1) is 5.69 Å². The molecule has 7 heteroatoms. The number of nitrogens with zero attached hydrogens (tertiary/aromatic N) is 3. The Kier molecular flexibility index (Phi) is 4.99. The molecule has 0 aliphatic carbocycles. The molecular formula is C21H20N6S. The summed E-state index contributed by atoms with van der Waals surface area (Å²) in [5, 5.41) is 11.1. The van der Waals surface area contributed by atoms with Gasteiger partial charge in [-0.1, -0.05) is 29.8 Å². The van der Waals surface area contributed by atoms with Crippen LogP contribution in [0.25, 0.3) is 11.3 Å². The Labute approximate surface area is 167 Å². The fourth-order valence-electron chi connectivity index (χ4n) is 2.66. The van der Waals surface area contributed by atoms with E-state index in [2.05, 4.69) is 51.7 Å². The molecule has 0 radical (unpaired) electrons. The minimum absolute atomic E-state index is 0.651. The molecule has 0 spiro atoms. The lowest BCUT2D eigenvalue weighted by molar-refractivity contribution is 0.973. The van der Waals surface area contributed by atoms with Crippen LogP contribution in [-0.2, 0) is 0 Å². The van der Waals surface area contributed by atoms with E-state index in [9.17, 15) is 0 Å². The van der Waals surface area contributed by atoms with Crippen LogP contribution in [0.5, 0.6) is 0 Å². The van der Waals surface area contributed by atoms with Gasteiger partial charge in [0.1, 0.15) is 5.82 Å². The van der Waals surface area contributed by atoms with E-state index in [4.69, 9.17) is 10.7 Å². The Morgan fingerprint density at radius 3 is 2.32 bits per heavy atom. The van der Waals surface area contributed by atoms with Gasteiger partial charge in [-0.25, -0.2) is 9.97 Å². The number of anilines is 3. The molecule has 0 unspecified atom stereocenters. The zero-order valence-electron chi connectivity index (χ0n) is 15.6. The molecule has 2 aromatic heterocycles. The van der Waals surface area contributed by atoms with Crippen molar-refractivity contribution in [3.05, 3.63) is 71.9 Å². The van der Waals surface area contributed by atoms with Gasteiger partial charge in [0, 0.05) is 34.0 Å². The smallest absolute Gasteiger partial charge is 0.194 e. The molecular weight excluding hydrogens is 368 g/mol. The van der Waals surface area contributed by atoms with Crippen molar-refractivity contribution in [1.29, 1.82) is 0 Å². The van der Waals surface area contributed by atoms with E-state index in [1.165, 1.54) is 17.3 Å². The van der Waals surface area contributed by atoms with E-state index >= 15 is 0 Å². The third kappa shape index (κ3) is 4.32. The molecule has 0 aliphatic rings. The number of nitrogens with two attached hydrogens (primary N) is 1. The first kappa shape index (κ1) is 18.1. The Morgan fingerprint density at radius 2 is 1.64 bits per heavy atom. The van der Waals surface area contributed by atoms with Crippen LogP contribution in [0.1, 0.15) is 11.3 Å². The van der Waals surface area contributed by atoms with Crippen molar-refractivity contribution in [3.63, 3.8) is 0 Å². The van der Waals surface area contributed by atoms with Gasteiger partial charge < -0.3 is 11.1 Å². The SMILES string of the molecule is Cc1ccc(-c2cc(Nc3cc(C)[nH]n3)nc(Sc3ccc(N)cc3)n2)cc1. The Morgan fingerprint density at radius 1 is 0.893 bits per heavy atom. The van der Waals surface area contributed by atoms with E-state index in [1.807, 2.05) is 43.3 Å². The summed E-state index contributed by atoms with van der Waals surface area (Å²) in [6.07, 6.45) is 0. The van der Waals surface area contributed by atoms with E-state index in [0.29, 0.717) is 11.0 Å². The lowest BCUT2D eigenvalue weighted by atomic mass is 10.1. The van der Waals surface area contributed by atoms with Gasteiger partial charge in [0.25, 0.3) is 0 Å². The number of hydrogen-bond acceptors (Lipinski definition) is 6. The quantitative estimate of drug-likeness (QED) is 0.330. The van der Waals surface area contributed by atoms with Gasteiger partial charge in [0.15, 0.2) is 11.0 Å². The minimum atomic E-state index is 0.651. The molecule has 4 rings (SSSR count). The van der Waals surface area contributed by atoms with Gasteiger partial charge in [-0.05, 0) is 49.9 Å². The number of aryl methyl sites for hydroxylation is 2. The monoisotopic (exact) mass is 388 g/mol. The van der Waals surface area contributed by atoms with Crippen LogP contribution in [0.15, 0.2) is 70.7 Å². The fourth-order valence-corrected chi connectivity index (χ4v) is 3.43. The molecule has 0 bridgehead atoms. The first-order valence-corrected chi connectivity index (χ1v) is 9.65. The number of benzene rings is 2. The third-order valence-electron chi connectivity index (χ3n) is 4.10. The lowest BCUT2D eigenvalue weighted by Gasteiger charge is -2.09. The zero-order valence-corrected chi connectivity index (χ0v) is 16.4. The van der Waals surface area contributed by atoms with Gasteiger partial charge in [0.2, 0.25) is 0 Å². The van der Waals surface area contributed by atoms with Crippen molar-refractivity contribution in [2.24, 2.45) is 0 Å². The van der Waals surface area contributed by atoms with Crippen molar-refractivity contribution < 1.29 is 0 Å². The highest BCUT2D eigenvalue weighted by atomic mass is 32.2. The van der Waals surface area contributed by atoms with Crippen LogP contribution in [0.4, 0.5) is 17.3 Å². The summed E-state index contributed by atoms with van der Waals surface area (Å²) < 4.78 is 0. The highest BCUT2D eigenvalue weighted by molar-refractivity contribution is 7.99. The van der Waals surface area contributed by atoms with Crippen LogP contribution >= 0.6 is 11.8 Å². The van der Waals surface area contributed by atoms with Crippen molar-refractivity contribution in [2.75, 3.05) is 11.1 Å². The molecule has 4 aromatic rings. The largest absolute Gasteiger partial charge is 0.399 e. The highest BCUT2D eigenvalue weighted by Crippen LogP contribution is 2.30. The van der Waals surface area contributed by atoms with Crippen LogP contribution in [0, 0.1) is 13.8 Å². The standard InChI is InChI=1S/C21H20N6S/c1-13-3-5-15(6-4-13)18-12-19(24-20-11-14(2)26-27-20)25-21(23-18)28-17-9-7-16(22)8-10-17/h3-12H,22H2,1-2H3,(H2,23,24,25,26,27). The van der Waals surface area contributed by atoms with E-state index in [1.54, 1.807) is 0 Å². The summed E-state index contributed by atoms with van der Waals surface area (Å²) >= 11 is 1.49. The molecule has 4 N–H and O–H groups in total. The van der Waals surface area contributed by atoms with Gasteiger partial charge >= 0.3 is 0 Å². The maximum absolute atomic E-state index is 5.78. The predicted octanol–water partition coefficient (Wildman–Crippen LogP) is 4.96. The maximum atomic E-state index is 5.78. The summed E-state index contributed by atoms with van der Waals surface area (Å²) in [5.41, 5.74) is 10.6. The van der Waals surface area contributed by atoms with Crippen LogP contribution in [-0.4, -0.2) is 20.2 Å². The number of aromatic nitrogens is 4. The maximum Gasteiger partial charge on any atom is 0.194 e. The topological polar surface area (TPSA) is 92.5 Å². The van der Waals surface area contributed by atoms with E-state index < -0.39 is 0 Å². The molecule has 0 fully saturated rings. The summed E-state index contributed by atoms with van der Waals surface area (Å²) in [5.74, 6) is 1.41. The summed E-state index contributed by atoms with van der Waals surface area (Å²) in [6, 6.07) is 19.8. The lowest BCUT2D eigenvalue weighted by Crippen LogP contribution is -1.99. The highest BCUT2D eigenvalue weighted by Gasteiger charge is 2.10. The van der Waals surface area contributed by atoms with Crippen molar-refractivity contribution >= 4 is 29.1 Å². The number of aromatic amines is 1. The summed E-state index contributed by atoms with van der Waals surface area (Å²) in [7, 11) is 0. The molecule has 0 saturated carbocycles. The van der Waals surface area contributed by atoms with Gasteiger partial charge in [-0.3, -0.25) is 5.10 Å². The Balaban J connectivity index is 1.71. The number of nitrogen functional groups attached to an aromatic ring is 1. The van der Waals surface area contributed by atoms with Gasteiger partial charge in [-0.2, -0.15) is 5.10 Å². The molecule has 28 heavy (non-hydrogen) atoms. The first-order chi connectivity index (χ1) is 13.5. The normalized spacial score (nSPS) is 10.8. The van der Waals surface area contributed by atoms with Crippen LogP contribution in [0.2, 0.25) is 0 Å². The molecule has 0 saturated heterocycles. The second-order valence-electron chi connectivity index (χ2n) is 6.52. The number of nitrogens with one attached hydrogen (secondary N) is 2. The minimum Gasteiger partial charge on any atom is -0.399 e. The first-order valence-electron chi connectivity index (χ1n) is 8.84. The molecule has 2 aromatic carbocycles. The average molecular weight is 389 g/mol. The van der Waals surface area contributed by atoms with Crippen molar-refractivity contribution in [1.82, 2.24) is 20.2 Å². The predicted molar refractivity (Wildman–Crippen MR) is 114 cm³/mol. The van der Waals surface area contributed by atoms with E-state index in [0.717, 1.165) is 33.4 Å². The Hall–Kier alpha value is -3.32. The average Bonchev–Trinajstić information content (AvgIpc) is 3.09. The molecule has 0 aliphatic heterocycles. The number of rotatable bonds is 5. The zero-order chi connectivity index (χ0) is 19.5.